The molecule has 0 radical (unpaired) electrons. The smallest absolute Gasteiger partial charge is 0.143 e. The molecule has 2 nitrogen and oxygen atoms in total. The first-order valence-electron chi connectivity index (χ1n) is 9.43. The van der Waals surface area contributed by atoms with Gasteiger partial charge in [-0.3, -0.25) is 0 Å². The van der Waals surface area contributed by atoms with Gasteiger partial charge in [-0.05, 0) is 34.4 Å². The van der Waals surface area contributed by atoms with Crippen LogP contribution in [-0.4, -0.2) is 11.7 Å². The molecule has 0 aliphatic heterocycles. The van der Waals surface area contributed by atoms with Crippen molar-refractivity contribution in [3.8, 4) is 5.75 Å². The van der Waals surface area contributed by atoms with E-state index in [4.69, 9.17) is 4.74 Å². The topological polar surface area (TPSA) is 14.2 Å². The van der Waals surface area contributed by atoms with Gasteiger partial charge >= 0.3 is 0 Å². The Morgan fingerprint density at radius 3 is 2.46 bits per heavy atom. The van der Waals surface area contributed by atoms with E-state index in [9.17, 15) is 0 Å². The van der Waals surface area contributed by atoms with Crippen LogP contribution < -0.4 is 4.74 Å². The van der Waals surface area contributed by atoms with Gasteiger partial charge in [0.1, 0.15) is 5.75 Å². The standard InChI is InChI=1S/C24H25NO/c1-3-4-15-25-17-20(22-13-8-14-23(26-2)24(22)25)16-19-11-7-10-18-9-5-6-12-21(18)19/h5-14,17H,3-4,15-16H2,1-2H3. The van der Waals surface area contributed by atoms with Crippen molar-refractivity contribution in [2.24, 2.45) is 0 Å². The molecule has 4 rings (SSSR count). The van der Waals surface area contributed by atoms with Gasteiger partial charge < -0.3 is 9.30 Å². The molecule has 132 valence electrons. The lowest BCUT2D eigenvalue weighted by Gasteiger charge is -2.08. The van der Waals surface area contributed by atoms with Crippen molar-refractivity contribution >= 4 is 21.7 Å². The summed E-state index contributed by atoms with van der Waals surface area (Å²) in [5, 5.41) is 3.94. The number of unbranched alkanes of at least 4 members (excludes halogenated alkanes) is 1. The molecule has 26 heavy (non-hydrogen) atoms. The summed E-state index contributed by atoms with van der Waals surface area (Å²) in [5.41, 5.74) is 3.96. The lowest BCUT2D eigenvalue weighted by Crippen LogP contribution is -1.97. The highest BCUT2D eigenvalue weighted by molar-refractivity contribution is 5.91. The van der Waals surface area contributed by atoms with Crippen LogP contribution in [0.1, 0.15) is 30.9 Å². The number of fused-ring (bicyclic) bond motifs is 2. The fraction of sp³-hybridized carbons (Fsp3) is 0.250. The molecule has 0 saturated heterocycles. The molecule has 0 aliphatic rings. The summed E-state index contributed by atoms with van der Waals surface area (Å²) >= 11 is 0. The van der Waals surface area contributed by atoms with Gasteiger partial charge in [-0.1, -0.05) is 67.9 Å². The second-order valence-electron chi connectivity index (χ2n) is 6.87. The van der Waals surface area contributed by atoms with Gasteiger partial charge in [0.15, 0.2) is 0 Å². The Morgan fingerprint density at radius 1 is 0.846 bits per heavy atom. The van der Waals surface area contributed by atoms with Crippen LogP contribution >= 0.6 is 0 Å². The molecule has 4 aromatic rings. The van der Waals surface area contributed by atoms with Crippen LogP contribution in [0.2, 0.25) is 0 Å². The first-order valence-corrected chi connectivity index (χ1v) is 9.43. The van der Waals surface area contributed by atoms with Crippen LogP contribution in [0.5, 0.6) is 5.75 Å². The molecule has 0 unspecified atom stereocenters. The highest BCUT2D eigenvalue weighted by atomic mass is 16.5. The summed E-state index contributed by atoms with van der Waals surface area (Å²) in [7, 11) is 1.76. The third-order valence-electron chi connectivity index (χ3n) is 5.18. The second-order valence-corrected chi connectivity index (χ2v) is 6.87. The van der Waals surface area contributed by atoms with Crippen LogP contribution in [-0.2, 0) is 13.0 Å². The number of methoxy groups -OCH3 is 1. The number of aromatic nitrogens is 1. The summed E-state index contributed by atoms with van der Waals surface area (Å²) in [6.07, 6.45) is 5.62. The molecule has 0 amide bonds. The fourth-order valence-electron chi connectivity index (χ4n) is 3.86. The molecule has 0 fully saturated rings. The average Bonchev–Trinajstić information content (AvgIpc) is 3.04. The highest BCUT2D eigenvalue weighted by Gasteiger charge is 2.14. The van der Waals surface area contributed by atoms with E-state index >= 15 is 0 Å². The van der Waals surface area contributed by atoms with E-state index in [1.165, 1.54) is 45.6 Å². The largest absolute Gasteiger partial charge is 0.495 e. The van der Waals surface area contributed by atoms with E-state index in [1.54, 1.807) is 7.11 Å². The van der Waals surface area contributed by atoms with E-state index in [1.807, 2.05) is 0 Å². The van der Waals surface area contributed by atoms with Crippen LogP contribution in [0.15, 0.2) is 66.9 Å². The monoisotopic (exact) mass is 343 g/mol. The summed E-state index contributed by atoms with van der Waals surface area (Å²) in [6.45, 7) is 3.27. The Kier molecular flexibility index (Phi) is 4.66. The number of ether oxygens (including phenoxy) is 1. The zero-order valence-electron chi connectivity index (χ0n) is 15.5. The quantitative estimate of drug-likeness (QED) is 0.407. The number of nitrogens with zero attached hydrogens (tertiary/aromatic N) is 1. The maximum atomic E-state index is 5.66. The second kappa shape index (κ2) is 7.25. The maximum Gasteiger partial charge on any atom is 0.143 e. The SMILES string of the molecule is CCCCn1cc(Cc2cccc3ccccc23)c2cccc(OC)c21. The first kappa shape index (κ1) is 16.7. The predicted octanol–water partition coefficient (Wildman–Crippen LogP) is 6.19. The Bertz CT molecular complexity index is 1040. The van der Waals surface area contributed by atoms with Crippen molar-refractivity contribution in [3.63, 3.8) is 0 Å². The molecular weight excluding hydrogens is 318 g/mol. The van der Waals surface area contributed by atoms with Gasteiger partial charge in [-0.2, -0.15) is 0 Å². The van der Waals surface area contributed by atoms with E-state index in [2.05, 4.69) is 78.4 Å². The van der Waals surface area contributed by atoms with Crippen molar-refractivity contribution < 1.29 is 4.74 Å². The molecule has 3 aromatic carbocycles. The molecule has 0 N–H and O–H groups in total. The predicted molar refractivity (Wildman–Crippen MR) is 110 cm³/mol. The summed E-state index contributed by atoms with van der Waals surface area (Å²) < 4.78 is 8.03. The van der Waals surface area contributed by atoms with E-state index in [0.717, 1.165) is 18.7 Å². The summed E-state index contributed by atoms with van der Waals surface area (Å²) in [4.78, 5) is 0. The molecule has 1 heterocycles. The molecular formula is C24H25NO. The number of hydrogen-bond donors (Lipinski definition) is 0. The van der Waals surface area contributed by atoms with Crippen LogP contribution in [0, 0.1) is 0 Å². The number of aryl methyl sites for hydroxylation is 1. The van der Waals surface area contributed by atoms with Crippen molar-refractivity contribution in [2.45, 2.75) is 32.7 Å². The van der Waals surface area contributed by atoms with Crippen molar-refractivity contribution in [1.82, 2.24) is 4.57 Å². The number of para-hydroxylation sites is 1. The van der Waals surface area contributed by atoms with E-state index < -0.39 is 0 Å². The molecule has 1 aromatic heterocycles. The third-order valence-corrected chi connectivity index (χ3v) is 5.18. The maximum absolute atomic E-state index is 5.66. The minimum atomic E-state index is 0.935. The number of rotatable bonds is 6. The Balaban J connectivity index is 1.83. The van der Waals surface area contributed by atoms with Gasteiger partial charge in [-0.15, -0.1) is 0 Å². The van der Waals surface area contributed by atoms with Crippen LogP contribution in [0.4, 0.5) is 0 Å². The Morgan fingerprint density at radius 2 is 1.62 bits per heavy atom. The number of hydrogen-bond acceptors (Lipinski definition) is 1. The molecule has 0 saturated carbocycles. The van der Waals surface area contributed by atoms with Gasteiger partial charge in [0, 0.05) is 24.5 Å². The van der Waals surface area contributed by atoms with Crippen LogP contribution in [0.25, 0.3) is 21.7 Å². The third kappa shape index (κ3) is 2.96. The fourth-order valence-corrected chi connectivity index (χ4v) is 3.86. The van der Waals surface area contributed by atoms with Crippen molar-refractivity contribution in [1.29, 1.82) is 0 Å². The van der Waals surface area contributed by atoms with Gasteiger partial charge in [0.25, 0.3) is 0 Å². The molecule has 0 spiro atoms. The van der Waals surface area contributed by atoms with Gasteiger partial charge in [0.2, 0.25) is 0 Å². The van der Waals surface area contributed by atoms with E-state index in [0.29, 0.717) is 0 Å². The zero-order chi connectivity index (χ0) is 17.9. The first-order chi connectivity index (χ1) is 12.8. The van der Waals surface area contributed by atoms with Gasteiger partial charge in [-0.25, -0.2) is 0 Å². The minimum absolute atomic E-state index is 0.935. The number of benzene rings is 3. The highest BCUT2D eigenvalue weighted by Crippen LogP contribution is 2.32. The molecule has 0 aliphatic carbocycles. The normalized spacial score (nSPS) is 11.3. The van der Waals surface area contributed by atoms with Crippen molar-refractivity contribution in [2.75, 3.05) is 7.11 Å². The minimum Gasteiger partial charge on any atom is -0.495 e. The lowest BCUT2D eigenvalue weighted by molar-refractivity contribution is 0.417. The van der Waals surface area contributed by atoms with E-state index in [-0.39, 0.29) is 0 Å². The summed E-state index contributed by atoms with van der Waals surface area (Å²) in [6, 6.07) is 21.6. The molecule has 2 heteroatoms. The zero-order valence-corrected chi connectivity index (χ0v) is 15.5. The lowest BCUT2D eigenvalue weighted by atomic mass is 9.98. The summed E-state index contributed by atoms with van der Waals surface area (Å²) in [5.74, 6) is 0.961. The van der Waals surface area contributed by atoms with Crippen molar-refractivity contribution in [3.05, 3.63) is 78.0 Å². The van der Waals surface area contributed by atoms with Gasteiger partial charge in [0.05, 0.1) is 12.6 Å². The Hall–Kier alpha value is -2.74. The average molecular weight is 343 g/mol. The Labute approximate surface area is 155 Å². The van der Waals surface area contributed by atoms with Crippen LogP contribution in [0.3, 0.4) is 0 Å². The molecule has 0 atom stereocenters. The molecule has 0 bridgehead atoms.